The number of benzene rings is 2. The molecule has 4 rings (SSSR count). The number of anilines is 2. The maximum absolute atomic E-state index is 14.4. The number of methoxy groups -OCH3 is 1. The van der Waals surface area contributed by atoms with Gasteiger partial charge in [-0.3, -0.25) is 4.79 Å². The lowest BCUT2D eigenvalue weighted by Gasteiger charge is -2.37. The van der Waals surface area contributed by atoms with Crippen LogP contribution in [0.4, 0.5) is 15.9 Å². The maximum atomic E-state index is 14.4. The van der Waals surface area contributed by atoms with Crippen LogP contribution < -0.4 is 14.8 Å². The van der Waals surface area contributed by atoms with Gasteiger partial charge in [-0.2, -0.15) is 0 Å². The zero-order valence-corrected chi connectivity index (χ0v) is 20.4. The number of nitrogens with one attached hydrogen (secondary N) is 1. The summed E-state index contributed by atoms with van der Waals surface area (Å²) in [5.41, 5.74) is 0.807. The van der Waals surface area contributed by atoms with Crippen molar-refractivity contribution in [3.63, 3.8) is 0 Å². The second-order valence-electron chi connectivity index (χ2n) is 7.35. The van der Waals surface area contributed by atoms with Gasteiger partial charge in [-0.15, -0.1) is 0 Å². The Morgan fingerprint density at radius 1 is 1.31 bits per heavy atom. The van der Waals surface area contributed by atoms with Crippen LogP contribution in [-0.4, -0.2) is 44.6 Å². The number of rotatable bonds is 5. The number of hydrogen-bond donors (Lipinski definition) is 1. The van der Waals surface area contributed by atoms with Crippen molar-refractivity contribution in [2.24, 2.45) is 0 Å². The minimum atomic E-state index is -0.565. The van der Waals surface area contributed by atoms with Crippen LogP contribution in [0.25, 0.3) is 10.9 Å². The monoisotopic (exact) mass is 570 g/mol. The molecule has 2 aromatic carbocycles. The van der Waals surface area contributed by atoms with Crippen molar-refractivity contribution < 1.29 is 18.7 Å². The van der Waals surface area contributed by atoms with E-state index in [9.17, 15) is 9.18 Å². The number of likely N-dealkylation sites (tertiary alicyclic amines) is 1. The summed E-state index contributed by atoms with van der Waals surface area (Å²) < 4.78 is 26.2. The minimum Gasteiger partial charge on any atom is -0.493 e. The summed E-state index contributed by atoms with van der Waals surface area (Å²) in [6.45, 7) is 2.28. The highest BCUT2D eigenvalue weighted by atomic mass is 127. The SMILES string of the molecule is COc1cc2ncnc(Nc3cccc(Cl)c3F)c2cc1O[C@H]1CCCN(C(C)=O)C1I. The van der Waals surface area contributed by atoms with Crippen LogP contribution in [0, 0.1) is 5.82 Å². The second-order valence-corrected chi connectivity index (χ2v) is 9.04. The molecule has 2 heterocycles. The Hall–Kier alpha value is -2.40. The highest BCUT2D eigenvalue weighted by Gasteiger charge is 2.33. The molecule has 1 saturated heterocycles. The molecule has 2 atom stereocenters. The van der Waals surface area contributed by atoms with Gasteiger partial charge in [-0.05, 0) is 31.0 Å². The number of amides is 1. The zero-order chi connectivity index (χ0) is 22.8. The van der Waals surface area contributed by atoms with Crippen molar-refractivity contribution in [2.45, 2.75) is 29.9 Å². The number of aromatic nitrogens is 2. The summed E-state index contributed by atoms with van der Waals surface area (Å²) in [4.78, 5) is 22.3. The lowest BCUT2D eigenvalue weighted by atomic mass is 10.1. The second kappa shape index (κ2) is 9.62. The molecular formula is C22H21ClFIN4O3. The molecule has 1 amide bonds. The van der Waals surface area contributed by atoms with Gasteiger partial charge in [0.1, 0.15) is 22.3 Å². The van der Waals surface area contributed by atoms with Gasteiger partial charge < -0.3 is 19.7 Å². The smallest absolute Gasteiger partial charge is 0.220 e. The summed E-state index contributed by atoms with van der Waals surface area (Å²) in [6, 6.07) is 8.23. The van der Waals surface area contributed by atoms with Crippen LogP contribution in [0.15, 0.2) is 36.7 Å². The summed E-state index contributed by atoms with van der Waals surface area (Å²) >= 11 is 8.15. The van der Waals surface area contributed by atoms with Gasteiger partial charge in [0.15, 0.2) is 17.3 Å². The predicted octanol–water partition coefficient (Wildman–Crippen LogP) is 5.33. The van der Waals surface area contributed by atoms with Gasteiger partial charge in [-0.25, -0.2) is 14.4 Å². The van der Waals surface area contributed by atoms with Gasteiger partial charge in [0, 0.05) is 24.9 Å². The van der Waals surface area contributed by atoms with E-state index in [1.165, 1.54) is 12.4 Å². The first-order valence-electron chi connectivity index (χ1n) is 10.0. The molecule has 0 saturated carbocycles. The molecule has 0 aliphatic carbocycles. The van der Waals surface area contributed by atoms with Crippen LogP contribution in [0.1, 0.15) is 19.8 Å². The van der Waals surface area contributed by atoms with Crippen molar-refractivity contribution in [1.82, 2.24) is 14.9 Å². The Morgan fingerprint density at radius 3 is 2.88 bits per heavy atom. The Morgan fingerprint density at radius 2 is 2.12 bits per heavy atom. The molecule has 32 heavy (non-hydrogen) atoms. The van der Waals surface area contributed by atoms with Crippen molar-refractivity contribution >= 4 is 62.5 Å². The molecule has 168 valence electrons. The molecule has 10 heteroatoms. The Balaban J connectivity index is 1.71. The summed E-state index contributed by atoms with van der Waals surface area (Å²) in [5, 5.41) is 3.64. The van der Waals surface area contributed by atoms with Crippen molar-refractivity contribution in [3.05, 3.63) is 47.5 Å². The third kappa shape index (κ3) is 4.54. The molecule has 3 aromatic rings. The van der Waals surface area contributed by atoms with E-state index in [1.54, 1.807) is 43.2 Å². The van der Waals surface area contributed by atoms with E-state index < -0.39 is 5.82 Å². The topological polar surface area (TPSA) is 76.6 Å². The van der Waals surface area contributed by atoms with E-state index >= 15 is 0 Å². The van der Waals surface area contributed by atoms with Crippen molar-refractivity contribution in [1.29, 1.82) is 0 Å². The van der Waals surface area contributed by atoms with E-state index in [0.29, 0.717) is 34.8 Å². The molecular weight excluding hydrogens is 550 g/mol. The third-order valence-corrected chi connectivity index (χ3v) is 7.07. The van der Waals surface area contributed by atoms with Crippen LogP contribution in [0.5, 0.6) is 11.5 Å². The predicted molar refractivity (Wildman–Crippen MR) is 130 cm³/mol. The molecule has 1 aliphatic heterocycles. The fourth-order valence-electron chi connectivity index (χ4n) is 3.68. The van der Waals surface area contributed by atoms with Gasteiger partial charge in [0.05, 0.1) is 23.3 Å². The average molecular weight is 571 g/mol. The van der Waals surface area contributed by atoms with Crippen molar-refractivity contribution in [2.75, 3.05) is 19.0 Å². The first kappa shape index (κ1) is 22.8. The number of carbonyl (C=O) groups is 1. The minimum absolute atomic E-state index is 0.0134. The largest absolute Gasteiger partial charge is 0.493 e. The zero-order valence-electron chi connectivity index (χ0n) is 17.4. The van der Waals surface area contributed by atoms with E-state index in [2.05, 4.69) is 37.9 Å². The lowest BCUT2D eigenvalue weighted by molar-refractivity contribution is -0.132. The number of nitrogens with zero attached hydrogens (tertiary/aromatic N) is 3. The van der Waals surface area contributed by atoms with Crippen molar-refractivity contribution in [3.8, 4) is 11.5 Å². The summed E-state index contributed by atoms with van der Waals surface area (Å²) in [7, 11) is 1.56. The molecule has 0 spiro atoms. The highest BCUT2D eigenvalue weighted by Crippen LogP contribution is 2.38. The maximum Gasteiger partial charge on any atom is 0.220 e. The van der Waals surface area contributed by atoms with Crippen LogP contribution in [0.2, 0.25) is 5.02 Å². The van der Waals surface area contributed by atoms with Crippen LogP contribution >= 0.6 is 34.2 Å². The quantitative estimate of drug-likeness (QED) is 0.254. The van der Waals surface area contributed by atoms with Crippen LogP contribution in [-0.2, 0) is 4.79 Å². The number of alkyl halides is 1. The Kier molecular flexibility index (Phi) is 6.85. The van der Waals surface area contributed by atoms with Gasteiger partial charge in [0.2, 0.25) is 5.91 Å². The molecule has 1 fully saturated rings. The number of carbonyl (C=O) groups excluding carboxylic acids is 1. The first-order valence-corrected chi connectivity index (χ1v) is 11.6. The van der Waals surface area contributed by atoms with Gasteiger partial charge >= 0.3 is 0 Å². The number of piperidine rings is 1. The normalized spacial score (nSPS) is 18.5. The molecule has 1 aromatic heterocycles. The molecule has 0 radical (unpaired) electrons. The van der Waals surface area contributed by atoms with Crippen LogP contribution in [0.3, 0.4) is 0 Å². The third-order valence-electron chi connectivity index (χ3n) is 5.30. The average Bonchev–Trinajstić information content (AvgIpc) is 2.78. The lowest BCUT2D eigenvalue weighted by Crippen LogP contribution is -2.48. The number of hydrogen-bond acceptors (Lipinski definition) is 6. The van der Waals surface area contributed by atoms with Gasteiger partial charge in [0.25, 0.3) is 0 Å². The molecule has 1 N–H and O–H groups in total. The summed E-state index contributed by atoms with van der Waals surface area (Å²) in [6.07, 6.45) is 2.84. The van der Waals surface area contributed by atoms with E-state index in [0.717, 1.165) is 12.8 Å². The van der Waals surface area contributed by atoms with E-state index in [4.69, 9.17) is 21.1 Å². The fourth-order valence-corrected chi connectivity index (χ4v) is 5.03. The number of ether oxygens (including phenoxy) is 2. The first-order chi connectivity index (χ1) is 15.4. The van der Waals surface area contributed by atoms with E-state index in [1.807, 2.05) is 0 Å². The fraction of sp³-hybridized carbons (Fsp3) is 0.318. The molecule has 7 nitrogen and oxygen atoms in total. The van der Waals surface area contributed by atoms with Gasteiger partial charge in [-0.1, -0.05) is 40.3 Å². The molecule has 0 bridgehead atoms. The molecule has 1 unspecified atom stereocenters. The number of fused-ring (bicyclic) bond motifs is 1. The highest BCUT2D eigenvalue weighted by molar-refractivity contribution is 14.1. The number of halogens is 3. The Labute approximate surface area is 203 Å². The standard InChI is InChI=1S/C22H21ClFIN4O3/c1-12(30)29-8-4-7-17(21(29)25)32-19-9-13-16(10-18(19)31-2)26-11-27-22(13)28-15-6-3-5-14(23)20(15)24/h3,5-6,9-11,17,21H,4,7-8H2,1-2H3,(H,26,27,28)/t17-,21?/m0/s1. The van der Waals surface area contributed by atoms with E-state index in [-0.39, 0.29) is 26.8 Å². The summed E-state index contributed by atoms with van der Waals surface area (Å²) in [5.74, 6) is 0.877. The molecule has 1 aliphatic rings. The Bertz CT molecular complexity index is 1170.